The fraction of sp³-hybridized carbons (Fsp3) is 0.188. The van der Waals surface area contributed by atoms with Crippen LogP contribution in [0.25, 0.3) is 0 Å². The first-order valence-electron chi connectivity index (χ1n) is 7.19. The van der Waals surface area contributed by atoms with Gasteiger partial charge in [0.2, 0.25) is 0 Å². The van der Waals surface area contributed by atoms with E-state index in [1.54, 1.807) is 29.0 Å². The highest BCUT2D eigenvalue weighted by molar-refractivity contribution is 7.87. The van der Waals surface area contributed by atoms with Crippen LogP contribution >= 0.6 is 0 Å². The van der Waals surface area contributed by atoms with E-state index in [-0.39, 0.29) is 16.7 Å². The summed E-state index contributed by atoms with van der Waals surface area (Å²) in [5.74, 6) is -0.690. The minimum absolute atomic E-state index is 0.0736. The number of carbonyl (C=O) groups excluding carboxylic acids is 1. The molecule has 2 amide bonds. The Morgan fingerprint density at radius 1 is 1.08 bits per heavy atom. The number of rotatable bonds is 4. The Kier molecular flexibility index (Phi) is 4.15. The molecule has 1 saturated heterocycles. The number of nitrogens with zero attached hydrogens (tertiary/aromatic N) is 2. The lowest BCUT2D eigenvalue weighted by atomic mass is 10.3. The number of urea groups is 1. The van der Waals surface area contributed by atoms with Gasteiger partial charge in [-0.25, -0.2) is 9.18 Å². The molecule has 2 aromatic carbocycles. The Labute approximate surface area is 139 Å². The minimum atomic E-state index is -4.08. The summed E-state index contributed by atoms with van der Waals surface area (Å²) in [6.45, 7) is 1.16. The van der Waals surface area contributed by atoms with Gasteiger partial charge in [-0.1, -0.05) is 6.07 Å². The first-order valence-corrected chi connectivity index (χ1v) is 8.60. The third kappa shape index (κ3) is 3.18. The highest BCUT2D eigenvalue weighted by atomic mass is 32.2. The number of hydrogen-bond acceptors (Lipinski definition) is 4. The van der Waals surface area contributed by atoms with E-state index in [4.69, 9.17) is 4.18 Å². The molecule has 0 aliphatic carbocycles. The first-order chi connectivity index (χ1) is 11.4. The molecule has 0 saturated carbocycles. The first kappa shape index (κ1) is 16.3. The number of likely N-dealkylation sites (N-methyl/N-ethyl adjacent to an activating group) is 1. The number of hydrogen-bond donors (Lipinski definition) is 0. The molecule has 0 N–H and O–H groups in total. The monoisotopic (exact) mass is 350 g/mol. The maximum absolute atomic E-state index is 13.1. The fourth-order valence-electron chi connectivity index (χ4n) is 2.37. The van der Waals surface area contributed by atoms with Crippen molar-refractivity contribution in [2.45, 2.75) is 4.90 Å². The van der Waals surface area contributed by atoms with Gasteiger partial charge in [0.15, 0.2) is 0 Å². The Morgan fingerprint density at radius 3 is 2.38 bits per heavy atom. The molecule has 1 aliphatic heterocycles. The summed E-state index contributed by atoms with van der Waals surface area (Å²) in [5, 5.41) is 0. The summed E-state index contributed by atoms with van der Waals surface area (Å²) < 4.78 is 42.5. The molecule has 1 heterocycles. The van der Waals surface area contributed by atoms with Crippen LogP contribution in [0.5, 0.6) is 5.75 Å². The zero-order chi connectivity index (χ0) is 17.3. The van der Waals surface area contributed by atoms with Crippen LogP contribution in [-0.4, -0.2) is 39.5 Å². The molecule has 1 aliphatic rings. The Morgan fingerprint density at radius 2 is 1.79 bits per heavy atom. The summed E-state index contributed by atoms with van der Waals surface area (Å²) in [4.78, 5) is 15.0. The Bertz CT molecular complexity index is 868. The molecular weight excluding hydrogens is 335 g/mol. The topological polar surface area (TPSA) is 66.9 Å². The van der Waals surface area contributed by atoms with Gasteiger partial charge in [-0.2, -0.15) is 8.42 Å². The number of halogens is 1. The lowest BCUT2D eigenvalue weighted by molar-refractivity contribution is 0.229. The highest BCUT2D eigenvalue weighted by Crippen LogP contribution is 2.24. The van der Waals surface area contributed by atoms with E-state index in [2.05, 4.69) is 0 Å². The SMILES string of the molecule is CN1CCN(c2ccc(S(=O)(=O)Oc3cccc(F)c3)cc2)C1=O. The summed E-state index contributed by atoms with van der Waals surface area (Å²) in [7, 11) is -2.37. The van der Waals surface area contributed by atoms with E-state index < -0.39 is 15.9 Å². The van der Waals surface area contributed by atoms with Crippen molar-refractivity contribution in [2.24, 2.45) is 0 Å². The van der Waals surface area contributed by atoms with Crippen LogP contribution in [0, 0.1) is 5.82 Å². The Balaban J connectivity index is 1.81. The maximum Gasteiger partial charge on any atom is 0.339 e. The van der Waals surface area contributed by atoms with E-state index in [9.17, 15) is 17.6 Å². The second-order valence-corrected chi connectivity index (χ2v) is 6.89. The largest absolute Gasteiger partial charge is 0.379 e. The van der Waals surface area contributed by atoms with Crippen LogP contribution in [-0.2, 0) is 10.1 Å². The lowest BCUT2D eigenvalue weighted by Gasteiger charge is -2.16. The van der Waals surface area contributed by atoms with Gasteiger partial charge in [-0.15, -0.1) is 0 Å². The van der Waals surface area contributed by atoms with Crippen LogP contribution in [0.15, 0.2) is 53.4 Å². The standard InChI is InChI=1S/C16H15FN2O4S/c1-18-9-10-19(16(18)20)13-5-7-15(8-6-13)24(21,22)23-14-4-2-3-12(17)11-14/h2-8,11H,9-10H2,1H3. The zero-order valence-electron chi connectivity index (χ0n) is 12.8. The molecule has 6 nitrogen and oxygen atoms in total. The minimum Gasteiger partial charge on any atom is -0.379 e. The van der Waals surface area contributed by atoms with Gasteiger partial charge in [0, 0.05) is 31.9 Å². The second-order valence-electron chi connectivity index (χ2n) is 5.34. The number of anilines is 1. The van der Waals surface area contributed by atoms with Crippen molar-refractivity contribution in [1.82, 2.24) is 4.90 Å². The van der Waals surface area contributed by atoms with Crippen LogP contribution in [0.4, 0.5) is 14.9 Å². The van der Waals surface area contributed by atoms with Gasteiger partial charge in [-0.3, -0.25) is 4.90 Å². The predicted octanol–water partition coefficient (Wildman–Crippen LogP) is 2.47. The molecule has 8 heteroatoms. The Hall–Kier alpha value is -2.61. The van der Waals surface area contributed by atoms with Gasteiger partial charge >= 0.3 is 16.1 Å². The summed E-state index contributed by atoms with van der Waals surface area (Å²) >= 11 is 0. The van der Waals surface area contributed by atoms with E-state index >= 15 is 0 Å². The van der Waals surface area contributed by atoms with E-state index in [1.165, 1.54) is 30.3 Å². The summed E-state index contributed by atoms with van der Waals surface area (Å²) in [6.07, 6.45) is 0. The van der Waals surface area contributed by atoms with Gasteiger partial charge in [-0.05, 0) is 36.4 Å². The van der Waals surface area contributed by atoms with Crippen molar-refractivity contribution in [3.8, 4) is 5.75 Å². The van der Waals surface area contributed by atoms with Crippen LogP contribution in [0.2, 0.25) is 0 Å². The van der Waals surface area contributed by atoms with Crippen molar-refractivity contribution >= 4 is 21.8 Å². The molecule has 0 bridgehead atoms. The molecule has 24 heavy (non-hydrogen) atoms. The van der Waals surface area contributed by atoms with Gasteiger partial charge in [0.1, 0.15) is 16.5 Å². The summed E-state index contributed by atoms with van der Waals surface area (Å²) in [6, 6.07) is 10.6. The van der Waals surface area contributed by atoms with Crippen molar-refractivity contribution in [3.63, 3.8) is 0 Å². The molecule has 0 unspecified atom stereocenters. The van der Waals surface area contributed by atoms with Crippen molar-refractivity contribution < 1.29 is 21.8 Å². The molecule has 0 aromatic heterocycles. The van der Waals surface area contributed by atoms with E-state index in [1.807, 2.05) is 0 Å². The molecule has 0 spiro atoms. The number of carbonyl (C=O) groups is 1. The van der Waals surface area contributed by atoms with Crippen molar-refractivity contribution in [2.75, 3.05) is 25.0 Å². The second kappa shape index (κ2) is 6.12. The van der Waals surface area contributed by atoms with Crippen LogP contribution in [0.3, 0.4) is 0 Å². The maximum atomic E-state index is 13.1. The fourth-order valence-corrected chi connectivity index (χ4v) is 3.30. The molecule has 1 fully saturated rings. The third-order valence-corrected chi connectivity index (χ3v) is 4.92. The van der Waals surface area contributed by atoms with Gasteiger partial charge in [0.05, 0.1) is 0 Å². The molecule has 0 radical (unpaired) electrons. The van der Waals surface area contributed by atoms with E-state index in [0.717, 1.165) is 6.07 Å². The lowest BCUT2D eigenvalue weighted by Crippen LogP contribution is -2.29. The van der Waals surface area contributed by atoms with E-state index in [0.29, 0.717) is 18.8 Å². The molecule has 2 aromatic rings. The average molecular weight is 350 g/mol. The molecule has 126 valence electrons. The molecule has 0 atom stereocenters. The van der Waals surface area contributed by atoms with Gasteiger partial charge < -0.3 is 9.08 Å². The van der Waals surface area contributed by atoms with Gasteiger partial charge in [0.25, 0.3) is 0 Å². The molecule has 3 rings (SSSR count). The highest BCUT2D eigenvalue weighted by Gasteiger charge is 2.27. The molecular formula is C16H15FN2O4S. The van der Waals surface area contributed by atoms with Crippen molar-refractivity contribution in [3.05, 3.63) is 54.3 Å². The number of benzene rings is 2. The smallest absolute Gasteiger partial charge is 0.339 e. The zero-order valence-corrected chi connectivity index (χ0v) is 13.7. The normalized spacial score (nSPS) is 15.0. The van der Waals surface area contributed by atoms with Crippen LogP contribution in [0.1, 0.15) is 0 Å². The summed E-state index contributed by atoms with van der Waals surface area (Å²) in [5.41, 5.74) is 0.606. The quantitative estimate of drug-likeness (QED) is 0.795. The predicted molar refractivity (Wildman–Crippen MR) is 86.0 cm³/mol. The average Bonchev–Trinajstić information content (AvgIpc) is 2.87. The van der Waals surface area contributed by atoms with Crippen LogP contribution < -0.4 is 9.08 Å². The number of amides is 2. The third-order valence-electron chi connectivity index (χ3n) is 3.66. The van der Waals surface area contributed by atoms with Crippen molar-refractivity contribution in [1.29, 1.82) is 0 Å².